The molecule has 1 aromatic heterocycles. The molecule has 88 valence electrons. The summed E-state index contributed by atoms with van der Waals surface area (Å²) in [6.45, 7) is 0.745. The molecule has 1 aliphatic rings. The summed E-state index contributed by atoms with van der Waals surface area (Å²) in [4.78, 5) is 3.67. The van der Waals surface area contributed by atoms with Crippen molar-refractivity contribution in [3.8, 4) is 0 Å². The molecule has 2 rings (SSSR count). The van der Waals surface area contributed by atoms with Gasteiger partial charge in [-0.1, -0.05) is 11.6 Å². The lowest BCUT2D eigenvalue weighted by atomic mass is 10.2. The van der Waals surface area contributed by atoms with Crippen LogP contribution in [-0.2, 0) is 6.18 Å². The molecule has 0 aliphatic heterocycles. The SMILES string of the molecule is FC(F)(F)c1ccc(NCC2CC2)nc1Cl. The highest BCUT2D eigenvalue weighted by Gasteiger charge is 2.34. The fourth-order valence-corrected chi connectivity index (χ4v) is 1.58. The third-order valence-electron chi connectivity index (χ3n) is 2.42. The van der Waals surface area contributed by atoms with E-state index in [0.29, 0.717) is 11.7 Å². The van der Waals surface area contributed by atoms with Crippen molar-refractivity contribution in [3.05, 3.63) is 22.8 Å². The van der Waals surface area contributed by atoms with Crippen molar-refractivity contribution in [1.29, 1.82) is 0 Å². The second kappa shape index (κ2) is 4.13. The fraction of sp³-hybridized carbons (Fsp3) is 0.500. The summed E-state index contributed by atoms with van der Waals surface area (Å²) in [6, 6.07) is 2.25. The van der Waals surface area contributed by atoms with E-state index in [4.69, 9.17) is 11.6 Å². The number of nitrogens with zero attached hydrogens (tertiary/aromatic N) is 1. The van der Waals surface area contributed by atoms with E-state index in [-0.39, 0.29) is 0 Å². The first-order chi connectivity index (χ1) is 7.47. The second-order valence-corrected chi connectivity index (χ2v) is 4.21. The van der Waals surface area contributed by atoms with Gasteiger partial charge in [0.05, 0.1) is 5.56 Å². The summed E-state index contributed by atoms with van der Waals surface area (Å²) < 4.78 is 37.1. The van der Waals surface area contributed by atoms with Crippen molar-refractivity contribution < 1.29 is 13.2 Å². The van der Waals surface area contributed by atoms with Crippen molar-refractivity contribution in [3.63, 3.8) is 0 Å². The van der Waals surface area contributed by atoms with Gasteiger partial charge in [0.15, 0.2) is 0 Å². The van der Waals surface area contributed by atoms with Crippen LogP contribution in [0.25, 0.3) is 0 Å². The normalized spacial score (nSPS) is 16.2. The highest BCUT2D eigenvalue weighted by atomic mass is 35.5. The van der Waals surface area contributed by atoms with Gasteiger partial charge < -0.3 is 5.32 Å². The molecule has 0 atom stereocenters. The number of anilines is 1. The lowest BCUT2D eigenvalue weighted by molar-refractivity contribution is -0.137. The van der Waals surface area contributed by atoms with Gasteiger partial charge in [-0.3, -0.25) is 0 Å². The molecule has 6 heteroatoms. The minimum Gasteiger partial charge on any atom is -0.370 e. The highest BCUT2D eigenvalue weighted by molar-refractivity contribution is 6.30. The summed E-state index contributed by atoms with van der Waals surface area (Å²) in [6.07, 6.45) is -2.11. The van der Waals surface area contributed by atoms with Crippen LogP contribution in [0.4, 0.5) is 19.0 Å². The Bertz CT molecular complexity index is 388. The van der Waals surface area contributed by atoms with Gasteiger partial charge in [-0.2, -0.15) is 13.2 Å². The van der Waals surface area contributed by atoms with Crippen molar-refractivity contribution in [1.82, 2.24) is 4.98 Å². The maximum atomic E-state index is 12.4. The van der Waals surface area contributed by atoms with Crippen LogP contribution >= 0.6 is 11.6 Å². The Morgan fingerprint density at radius 1 is 1.38 bits per heavy atom. The summed E-state index contributed by atoms with van der Waals surface area (Å²) >= 11 is 5.47. The Labute approximate surface area is 95.8 Å². The fourth-order valence-electron chi connectivity index (χ4n) is 1.32. The van der Waals surface area contributed by atoms with E-state index < -0.39 is 16.9 Å². The molecule has 0 unspecified atom stereocenters. The summed E-state index contributed by atoms with van der Waals surface area (Å²) in [5.74, 6) is 1.02. The minimum atomic E-state index is -4.45. The summed E-state index contributed by atoms with van der Waals surface area (Å²) in [7, 11) is 0. The van der Waals surface area contributed by atoms with Crippen LogP contribution in [-0.4, -0.2) is 11.5 Å². The number of alkyl halides is 3. The van der Waals surface area contributed by atoms with E-state index in [1.54, 1.807) is 0 Å². The Morgan fingerprint density at radius 2 is 2.06 bits per heavy atom. The molecule has 1 heterocycles. The van der Waals surface area contributed by atoms with Crippen LogP contribution in [0.15, 0.2) is 12.1 Å². The average Bonchev–Trinajstić information content (AvgIpc) is 2.96. The van der Waals surface area contributed by atoms with Gasteiger partial charge in [0.1, 0.15) is 11.0 Å². The molecule has 0 spiro atoms. The smallest absolute Gasteiger partial charge is 0.370 e. The van der Waals surface area contributed by atoms with Crippen LogP contribution in [0.1, 0.15) is 18.4 Å². The Hall–Kier alpha value is -0.970. The summed E-state index contributed by atoms with van der Waals surface area (Å²) in [5, 5.41) is 2.46. The first-order valence-corrected chi connectivity index (χ1v) is 5.32. The quantitative estimate of drug-likeness (QED) is 0.830. The zero-order valence-electron chi connectivity index (χ0n) is 8.31. The molecular weight excluding hydrogens is 241 g/mol. The predicted octanol–water partition coefficient (Wildman–Crippen LogP) is 3.58. The molecule has 16 heavy (non-hydrogen) atoms. The van der Waals surface area contributed by atoms with Gasteiger partial charge in [-0.25, -0.2) is 4.98 Å². The molecule has 0 radical (unpaired) electrons. The van der Waals surface area contributed by atoms with E-state index in [0.717, 1.165) is 12.6 Å². The van der Waals surface area contributed by atoms with Crippen LogP contribution in [0.5, 0.6) is 0 Å². The molecule has 1 aromatic rings. The van der Waals surface area contributed by atoms with E-state index in [1.807, 2.05) is 0 Å². The number of pyridine rings is 1. The molecular formula is C10H10ClF3N2. The Kier molecular flexibility index (Phi) is 2.97. The van der Waals surface area contributed by atoms with E-state index in [9.17, 15) is 13.2 Å². The van der Waals surface area contributed by atoms with Gasteiger partial charge in [0.25, 0.3) is 0 Å². The molecule has 0 amide bonds. The third kappa shape index (κ3) is 2.78. The molecule has 1 fully saturated rings. The number of hydrogen-bond donors (Lipinski definition) is 1. The second-order valence-electron chi connectivity index (χ2n) is 3.86. The number of hydrogen-bond acceptors (Lipinski definition) is 2. The third-order valence-corrected chi connectivity index (χ3v) is 2.71. The molecule has 0 saturated heterocycles. The van der Waals surface area contributed by atoms with Gasteiger partial charge >= 0.3 is 6.18 Å². The van der Waals surface area contributed by atoms with Crippen molar-refractivity contribution >= 4 is 17.4 Å². The first-order valence-electron chi connectivity index (χ1n) is 4.94. The summed E-state index contributed by atoms with van der Waals surface area (Å²) in [5.41, 5.74) is -0.897. The van der Waals surface area contributed by atoms with E-state index >= 15 is 0 Å². The van der Waals surface area contributed by atoms with Gasteiger partial charge in [-0.15, -0.1) is 0 Å². The van der Waals surface area contributed by atoms with Gasteiger partial charge in [0.2, 0.25) is 0 Å². The van der Waals surface area contributed by atoms with Gasteiger partial charge in [0, 0.05) is 6.54 Å². The van der Waals surface area contributed by atoms with Crippen molar-refractivity contribution in [2.45, 2.75) is 19.0 Å². The zero-order valence-corrected chi connectivity index (χ0v) is 9.07. The average molecular weight is 251 g/mol. The standard InChI is InChI=1S/C10H10ClF3N2/c11-9-7(10(12,13)14)3-4-8(16-9)15-5-6-1-2-6/h3-4,6H,1-2,5H2,(H,15,16). The number of aromatic nitrogens is 1. The van der Waals surface area contributed by atoms with Crippen molar-refractivity contribution in [2.24, 2.45) is 5.92 Å². The monoisotopic (exact) mass is 250 g/mol. The topological polar surface area (TPSA) is 24.9 Å². The first kappa shape index (κ1) is 11.5. The molecule has 0 aromatic carbocycles. The molecule has 2 nitrogen and oxygen atoms in total. The number of halogens is 4. The Balaban J connectivity index is 2.08. The van der Waals surface area contributed by atoms with E-state index in [2.05, 4.69) is 10.3 Å². The molecule has 1 saturated carbocycles. The predicted molar refractivity (Wildman–Crippen MR) is 55.5 cm³/mol. The minimum absolute atomic E-state index is 0.393. The van der Waals surface area contributed by atoms with Crippen molar-refractivity contribution in [2.75, 3.05) is 11.9 Å². The van der Waals surface area contributed by atoms with Crippen LogP contribution in [0.3, 0.4) is 0 Å². The van der Waals surface area contributed by atoms with Crippen LogP contribution in [0.2, 0.25) is 5.15 Å². The lowest BCUT2D eigenvalue weighted by Gasteiger charge is -2.10. The lowest BCUT2D eigenvalue weighted by Crippen LogP contribution is -2.09. The van der Waals surface area contributed by atoms with Gasteiger partial charge in [-0.05, 0) is 30.9 Å². The maximum absolute atomic E-state index is 12.4. The van der Waals surface area contributed by atoms with Crippen LogP contribution in [0, 0.1) is 5.92 Å². The maximum Gasteiger partial charge on any atom is 0.419 e. The highest BCUT2D eigenvalue weighted by Crippen LogP contribution is 2.34. The largest absolute Gasteiger partial charge is 0.419 e. The zero-order chi connectivity index (χ0) is 11.8. The number of rotatable bonds is 3. The molecule has 1 N–H and O–H groups in total. The number of nitrogens with one attached hydrogen (secondary N) is 1. The Morgan fingerprint density at radius 3 is 2.56 bits per heavy atom. The van der Waals surface area contributed by atoms with E-state index in [1.165, 1.54) is 18.9 Å². The molecule has 0 bridgehead atoms. The molecule has 1 aliphatic carbocycles. The van der Waals surface area contributed by atoms with Crippen LogP contribution < -0.4 is 5.32 Å².